The van der Waals surface area contributed by atoms with E-state index >= 15 is 0 Å². The minimum Gasteiger partial charge on any atom is -0.227 e. The van der Waals surface area contributed by atoms with Gasteiger partial charge in [-0.15, -0.1) is 0 Å². The van der Waals surface area contributed by atoms with Gasteiger partial charge in [-0.1, -0.05) is 69.9 Å². The molecule has 0 aliphatic heterocycles. The molecule has 1 aromatic heterocycles. The van der Waals surface area contributed by atoms with Crippen molar-refractivity contribution >= 4 is 69.9 Å². The summed E-state index contributed by atoms with van der Waals surface area (Å²) in [7, 11) is 0. The quantitative estimate of drug-likeness (QED) is 0.331. The summed E-state index contributed by atoms with van der Waals surface area (Å²) in [6, 6.07) is 13.1. The summed E-state index contributed by atoms with van der Waals surface area (Å²) >= 11 is 25.9. The third-order valence-electron chi connectivity index (χ3n) is 3.37. The lowest BCUT2D eigenvalue weighted by molar-refractivity contribution is -0.139. The van der Waals surface area contributed by atoms with E-state index in [1.807, 2.05) is 0 Å². The van der Waals surface area contributed by atoms with Crippen LogP contribution in [0, 0.1) is 0 Å². The van der Waals surface area contributed by atoms with Crippen LogP contribution in [0.15, 0.2) is 68.2 Å². The van der Waals surface area contributed by atoms with Crippen molar-refractivity contribution in [3.8, 4) is 0 Å². The first-order chi connectivity index (χ1) is 13.1. The van der Waals surface area contributed by atoms with Gasteiger partial charge >= 0.3 is 6.18 Å². The largest absolute Gasteiger partial charge is 0.420 e. The Bertz CT molecular complexity index is 994. The fourth-order valence-electron chi connectivity index (χ4n) is 2.14. The number of benzene rings is 2. The summed E-state index contributed by atoms with van der Waals surface area (Å²) in [6.45, 7) is 0. The standard InChI is InChI=1S/C18H8Cl4F3NS2/c19-9-1-5-11(6-2-9)27-15-13(18(23,24)25)16(22)26-17(14(15)21)28-12-7-3-10(20)4-8-12/h1-8H. The lowest BCUT2D eigenvalue weighted by Crippen LogP contribution is -2.10. The highest BCUT2D eigenvalue weighted by atomic mass is 35.5. The lowest BCUT2D eigenvalue weighted by Gasteiger charge is -2.17. The molecule has 0 atom stereocenters. The van der Waals surface area contributed by atoms with E-state index in [1.165, 1.54) is 0 Å². The molecule has 0 saturated heterocycles. The molecule has 0 aliphatic carbocycles. The Morgan fingerprint density at radius 2 is 1.18 bits per heavy atom. The Morgan fingerprint density at radius 3 is 1.64 bits per heavy atom. The fourth-order valence-corrected chi connectivity index (χ4v) is 5.05. The Hall–Kier alpha value is -0.760. The number of pyridine rings is 1. The molecule has 0 fully saturated rings. The van der Waals surface area contributed by atoms with Gasteiger partial charge in [0.1, 0.15) is 15.7 Å². The zero-order valence-electron chi connectivity index (χ0n) is 13.5. The predicted octanol–water partition coefficient (Wildman–Crippen LogP) is 9.02. The maximum Gasteiger partial charge on any atom is 0.420 e. The molecule has 0 radical (unpaired) electrons. The number of hydrogen-bond donors (Lipinski definition) is 0. The zero-order chi connectivity index (χ0) is 20.5. The van der Waals surface area contributed by atoms with Crippen LogP contribution in [0.1, 0.15) is 5.56 Å². The summed E-state index contributed by atoms with van der Waals surface area (Å²) in [5.41, 5.74) is -1.07. The van der Waals surface area contributed by atoms with E-state index in [0.29, 0.717) is 19.8 Å². The summed E-state index contributed by atoms with van der Waals surface area (Å²) < 4.78 is 40.9. The molecule has 0 bridgehead atoms. The molecule has 1 nitrogen and oxygen atoms in total. The summed E-state index contributed by atoms with van der Waals surface area (Å²) in [4.78, 5) is 4.90. The summed E-state index contributed by atoms with van der Waals surface area (Å²) in [6.07, 6.45) is -4.72. The Labute approximate surface area is 187 Å². The van der Waals surface area contributed by atoms with Crippen LogP contribution >= 0.6 is 69.9 Å². The monoisotopic (exact) mass is 499 g/mol. The predicted molar refractivity (Wildman–Crippen MR) is 110 cm³/mol. The van der Waals surface area contributed by atoms with Gasteiger partial charge in [-0.05, 0) is 48.5 Å². The first-order valence-corrected chi connectivity index (χ1v) is 10.6. The van der Waals surface area contributed by atoms with E-state index in [-0.39, 0.29) is 14.9 Å². The van der Waals surface area contributed by atoms with Crippen molar-refractivity contribution in [2.45, 2.75) is 25.9 Å². The molecule has 2 aromatic carbocycles. The van der Waals surface area contributed by atoms with Gasteiger partial charge in [-0.2, -0.15) is 13.2 Å². The average Bonchev–Trinajstić information content (AvgIpc) is 2.61. The molecule has 146 valence electrons. The van der Waals surface area contributed by atoms with Gasteiger partial charge in [0.05, 0.1) is 5.02 Å². The topological polar surface area (TPSA) is 12.9 Å². The van der Waals surface area contributed by atoms with Gasteiger partial charge in [0, 0.05) is 24.7 Å². The average molecular weight is 501 g/mol. The number of nitrogens with zero attached hydrogens (tertiary/aromatic N) is 1. The molecule has 0 spiro atoms. The van der Waals surface area contributed by atoms with Crippen LogP contribution in [0.2, 0.25) is 20.2 Å². The minimum absolute atomic E-state index is 0.128. The van der Waals surface area contributed by atoms with Gasteiger partial charge in [-0.25, -0.2) is 4.98 Å². The molecule has 0 aliphatic rings. The molecular weight excluding hydrogens is 493 g/mol. The van der Waals surface area contributed by atoms with E-state index < -0.39 is 16.9 Å². The highest BCUT2D eigenvalue weighted by Gasteiger charge is 2.39. The van der Waals surface area contributed by atoms with Gasteiger partial charge in [0.15, 0.2) is 0 Å². The maximum atomic E-state index is 13.6. The summed E-state index contributed by atoms with van der Waals surface area (Å²) in [5, 5.41) is 0.381. The van der Waals surface area contributed by atoms with Gasteiger partial charge in [-0.3, -0.25) is 0 Å². The second-order valence-electron chi connectivity index (χ2n) is 5.34. The smallest absolute Gasteiger partial charge is 0.227 e. The SMILES string of the molecule is FC(F)(F)c1c(Cl)nc(Sc2ccc(Cl)cc2)c(Cl)c1Sc1ccc(Cl)cc1. The van der Waals surface area contributed by atoms with E-state index in [0.717, 1.165) is 23.5 Å². The molecule has 3 rings (SSSR count). The number of rotatable bonds is 4. The third kappa shape index (κ3) is 5.23. The summed E-state index contributed by atoms with van der Waals surface area (Å²) in [5.74, 6) is 0. The molecule has 0 N–H and O–H groups in total. The molecule has 10 heteroatoms. The van der Waals surface area contributed by atoms with Crippen LogP contribution in [0.3, 0.4) is 0 Å². The van der Waals surface area contributed by atoms with E-state index in [4.69, 9.17) is 46.4 Å². The van der Waals surface area contributed by atoms with Crippen LogP contribution in [0.4, 0.5) is 13.2 Å². The molecule has 28 heavy (non-hydrogen) atoms. The van der Waals surface area contributed by atoms with Crippen LogP contribution in [-0.4, -0.2) is 4.98 Å². The molecule has 0 saturated carbocycles. The number of alkyl halides is 3. The van der Waals surface area contributed by atoms with Crippen LogP contribution in [-0.2, 0) is 6.18 Å². The molecule has 0 unspecified atom stereocenters. The van der Waals surface area contributed by atoms with E-state index in [9.17, 15) is 13.2 Å². The molecule has 0 amide bonds. The van der Waals surface area contributed by atoms with Crippen molar-refractivity contribution < 1.29 is 13.2 Å². The number of aromatic nitrogens is 1. The first kappa shape index (κ1) is 21.9. The Kier molecular flexibility index (Phi) is 7.00. The normalized spacial score (nSPS) is 11.7. The second-order valence-corrected chi connectivity index (χ2v) is 9.09. The van der Waals surface area contributed by atoms with Gasteiger partial charge in [0.25, 0.3) is 0 Å². The van der Waals surface area contributed by atoms with Crippen molar-refractivity contribution in [3.05, 3.63) is 74.3 Å². The maximum absolute atomic E-state index is 13.6. The number of halogens is 7. The molecule has 1 heterocycles. The van der Waals surface area contributed by atoms with Crippen molar-refractivity contribution in [2.75, 3.05) is 0 Å². The van der Waals surface area contributed by atoms with E-state index in [2.05, 4.69) is 4.98 Å². The Morgan fingerprint density at radius 1 is 0.714 bits per heavy atom. The van der Waals surface area contributed by atoms with Crippen LogP contribution < -0.4 is 0 Å². The fraction of sp³-hybridized carbons (Fsp3) is 0.0556. The number of hydrogen-bond acceptors (Lipinski definition) is 3. The van der Waals surface area contributed by atoms with Crippen molar-refractivity contribution in [1.82, 2.24) is 4.98 Å². The first-order valence-electron chi connectivity index (χ1n) is 7.48. The zero-order valence-corrected chi connectivity index (χ0v) is 18.2. The highest BCUT2D eigenvalue weighted by molar-refractivity contribution is 8.00. The highest BCUT2D eigenvalue weighted by Crippen LogP contribution is 2.49. The van der Waals surface area contributed by atoms with Gasteiger partial charge < -0.3 is 0 Å². The lowest BCUT2D eigenvalue weighted by atomic mass is 10.3. The van der Waals surface area contributed by atoms with Crippen LogP contribution in [0.25, 0.3) is 0 Å². The Balaban J connectivity index is 2.09. The van der Waals surface area contributed by atoms with Crippen molar-refractivity contribution in [2.24, 2.45) is 0 Å². The molecular formula is C18H8Cl4F3NS2. The van der Waals surface area contributed by atoms with Gasteiger partial charge in [0.2, 0.25) is 0 Å². The molecule has 3 aromatic rings. The van der Waals surface area contributed by atoms with Crippen molar-refractivity contribution in [1.29, 1.82) is 0 Å². The van der Waals surface area contributed by atoms with Crippen LogP contribution in [0.5, 0.6) is 0 Å². The van der Waals surface area contributed by atoms with E-state index in [1.54, 1.807) is 48.5 Å². The third-order valence-corrected chi connectivity index (χ3v) is 6.85. The second kappa shape index (κ2) is 8.94. The van der Waals surface area contributed by atoms with Crippen molar-refractivity contribution in [3.63, 3.8) is 0 Å². The minimum atomic E-state index is -4.72.